The number of methoxy groups -OCH3 is 1. The standard InChI is InChI=1S/C13H11BrN2O5/c1-20-6-8-5-11(16-21-8)12(17)15-10-4-7(14)2-3-9(10)13(18)19/h2-5H,6H2,1H3,(H,15,17)(H,18,19). The lowest BCUT2D eigenvalue weighted by atomic mass is 10.1. The fourth-order valence-corrected chi connectivity index (χ4v) is 1.98. The zero-order valence-corrected chi connectivity index (χ0v) is 12.5. The van der Waals surface area contributed by atoms with E-state index in [4.69, 9.17) is 14.4 Å². The van der Waals surface area contributed by atoms with Gasteiger partial charge in [-0.15, -0.1) is 0 Å². The van der Waals surface area contributed by atoms with Crippen molar-refractivity contribution in [1.82, 2.24) is 5.16 Å². The summed E-state index contributed by atoms with van der Waals surface area (Å²) in [7, 11) is 1.49. The van der Waals surface area contributed by atoms with Crippen molar-refractivity contribution in [3.63, 3.8) is 0 Å². The number of nitrogens with one attached hydrogen (secondary N) is 1. The van der Waals surface area contributed by atoms with Crippen LogP contribution in [0.2, 0.25) is 0 Å². The average Bonchev–Trinajstić information content (AvgIpc) is 2.87. The lowest BCUT2D eigenvalue weighted by Gasteiger charge is -2.07. The summed E-state index contributed by atoms with van der Waals surface area (Å²) in [4.78, 5) is 23.2. The highest BCUT2D eigenvalue weighted by molar-refractivity contribution is 9.10. The first kappa shape index (κ1) is 15.2. The molecule has 2 rings (SSSR count). The lowest BCUT2D eigenvalue weighted by molar-refractivity contribution is 0.0698. The number of hydrogen-bond donors (Lipinski definition) is 2. The minimum Gasteiger partial charge on any atom is -0.478 e. The van der Waals surface area contributed by atoms with Crippen molar-refractivity contribution in [2.24, 2.45) is 0 Å². The molecule has 0 fully saturated rings. The molecule has 21 heavy (non-hydrogen) atoms. The maximum Gasteiger partial charge on any atom is 0.337 e. The van der Waals surface area contributed by atoms with Gasteiger partial charge in [-0.2, -0.15) is 0 Å². The number of carbonyl (C=O) groups is 2. The van der Waals surface area contributed by atoms with Gasteiger partial charge in [-0.1, -0.05) is 21.1 Å². The van der Waals surface area contributed by atoms with Gasteiger partial charge in [0.2, 0.25) is 0 Å². The second kappa shape index (κ2) is 6.51. The number of carboxylic acid groups (broad SMARTS) is 1. The van der Waals surface area contributed by atoms with Gasteiger partial charge >= 0.3 is 5.97 Å². The number of amides is 1. The monoisotopic (exact) mass is 354 g/mol. The first-order chi connectivity index (χ1) is 10.0. The van der Waals surface area contributed by atoms with E-state index in [-0.39, 0.29) is 23.6 Å². The molecule has 0 aliphatic rings. The Hall–Kier alpha value is -2.19. The van der Waals surface area contributed by atoms with Crippen LogP contribution in [0, 0.1) is 0 Å². The van der Waals surface area contributed by atoms with Crippen LogP contribution in [0.4, 0.5) is 5.69 Å². The molecule has 0 saturated heterocycles. The number of halogens is 1. The predicted octanol–water partition coefficient (Wildman–Crippen LogP) is 2.53. The molecule has 0 unspecified atom stereocenters. The zero-order chi connectivity index (χ0) is 15.4. The first-order valence-corrected chi connectivity index (χ1v) is 6.59. The maximum absolute atomic E-state index is 12.0. The molecule has 8 heteroatoms. The molecule has 0 radical (unpaired) electrons. The molecule has 0 spiro atoms. The number of carboxylic acids is 1. The number of hydrogen-bond acceptors (Lipinski definition) is 5. The van der Waals surface area contributed by atoms with E-state index in [9.17, 15) is 9.59 Å². The van der Waals surface area contributed by atoms with E-state index < -0.39 is 11.9 Å². The Bertz CT molecular complexity index is 683. The lowest BCUT2D eigenvalue weighted by Crippen LogP contribution is -2.15. The molecular weight excluding hydrogens is 344 g/mol. The van der Waals surface area contributed by atoms with Gasteiger partial charge in [0.25, 0.3) is 5.91 Å². The summed E-state index contributed by atoms with van der Waals surface area (Å²) >= 11 is 3.22. The minimum atomic E-state index is -1.14. The highest BCUT2D eigenvalue weighted by Gasteiger charge is 2.17. The number of anilines is 1. The fourth-order valence-electron chi connectivity index (χ4n) is 1.62. The number of carbonyl (C=O) groups excluding carboxylic acids is 1. The summed E-state index contributed by atoms with van der Waals surface area (Å²) in [5.74, 6) is -1.31. The third kappa shape index (κ3) is 3.67. The Morgan fingerprint density at radius 3 is 2.86 bits per heavy atom. The van der Waals surface area contributed by atoms with Crippen LogP contribution in [-0.2, 0) is 11.3 Å². The molecule has 7 nitrogen and oxygen atoms in total. The molecular formula is C13H11BrN2O5. The van der Waals surface area contributed by atoms with Crippen molar-refractivity contribution in [3.05, 3.63) is 45.8 Å². The molecule has 0 bridgehead atoms. The minimum absolute atomic E-state index is 0.0211. The second-order valence-electron chi connectivity index (χ2n) is 4.06. The molecule has 1 aromatic heterocycles. The van der Waals surface area contributed by atoms with E-state index in [1.54, 1.807) is 6.07 Å². The van der Waals surface area contributed by atoms with Gasteiger partial charge in [0.05, 0.1) is 11.3 Å². The normalized spacial score (nSPS) is 10.4. The summed E-state index contributed by atoms with van der Waals surface area (Å²) in [6, 6.07) is 5.89. The number of rotatable bonds is 5. The summed E-state index contributed by atoms with van der Waals surface area (Å²) in [5.41, 5.74) is 0.184. The molecule has 2 aromatic rings. The maximum atomic E-state index is 12.0. The molecule has 0 saturated carbocycles. The second-order valence-corrected chi connectivity index (χ2v) is 4.98. The largest absolute Gasteiger partial charge is 0.478 e. The predicted molar refractivity (Wildman–Crippen MR) is 76.3 cm³/mol. The smallest absolute Gasteiger partial charge is 0.337 e. The van der Waals surface area contributed by atoms with E-state index in [1.807, 2.05) is 0 Å². The summed E-state index contributed by atoms with van der Waals surface area (Å²) in [6.07, 6.45) is 0. The summed E-state index contributed by atoms with van der Waals surface area (Å²) in [5, 5.41) is 15.2. The highest BCUT2D eigenvalue weighted by atomic mass is 79.9. The van der Waals surface area contributed by atoms with Crippen LogP contribution in [0.25, 0.3) is 0 Å². The van der Waals surface area contributed by atoms with Crippen LogP contribution in [0.1, 0.15) is 26.6 Å². The van der Waals surface area contributed by atoms with Gasteiger partial charge in [-0.25, -0.2) is 4.79 Å². The molecule has 1 amide bonds. The van der Waals surface area contributed by atoms with Crippen molar-refractivity contribution in [2.45, 2.75) is 6.61 Å². The van der Waals surface area contributed by atoms with Crippen molar-refractivity contribution >= 4 is 33.5 Å². The summed E-state index contributed by atoms with van der Waals surface area (Å²) in [6.45, 7) is 0.192. The quantitative estimate of drug-likeness (QED) is 0.855. The number of aromatic nitrogens is 1. The SMILES string of the molecule is COCc1cc(C(=O)Nc2cc(Br)ccc2C(=O)O)no1. The third-order valence-corrected chi connectivity index (χ3v) is 3.03. The Morgan fingerprint density at radius 2 is 2.19 bits per heavy atom. The zero-order valence-electron chi connectivity index (χ0n) is 10.9. The van der Waals surface area contributed by atoms with Crippen molar-refractivity contribution in [3.8, 4) is 0 Å². The molecule has 1 heterocycles. The van der Waals surface area contributed by atoms with Gasteiger partial charge in [-0.05, 0) is 18.2 Å². The van der Waals surface area contributed by atoms with Gasteiger partial charge < -0.3 is 19.7 Å². The Labute approximate surface area is 128 Å². The third-order valence-electron chi connectivity index (χ3n) is 2.54. The van der Waals surface area contributed by atoms with Crippen molar-refractivity contribution in [1.29, 1.82) is 0 Å². The van der Waals surface area contributed by atoms with Gasteiger partial charge in [0, 0.05) is 17.6 Å². The Balaban J connectivity index is 2.22. The topological polar surface area (TPSA) is 102 Å². The molecule has 0 atom stereocenters. The summed E-state index contributed by atoms with van der Waals surface area (Å²) < 4.78 is 10.4. The van der Waals surface area contributed by atoms with E-state index in [0.717, 1.165) is 0 Å². The Morgan fingerprint density at radius 1 is 1.43 bits per heavy atom. The molecule has 1 aromatic carbocycles. The Kier molecular flexibility index (Phi) is 4.71. The number of ether oxygens (including phenoxy) is 1. The average molecular weight is 355 g/mol. The van der Waals surface area contributed by atoms with Crippen LogP contribution in [0.5, 0.6) is 0 Å². The molecule has 2 N–H and O–H groups in total. The van der Waals surface area contributed by atoms with E-state index in [2.05, 4.69) is 26.4 Å². The van der Waals surface area contributed by atoms with Gasteiger partial charge in [-0.3, -0.25) is 4.79 Å². The van der Waals surface area contributed by atoms with Crippen LogP contribution in [0.15, 0.2) is 33.3 Å². The van der Waals surface area contributed by atoms with Crippen LogP contribution < -0.4 is 5.32 Å². The number of aromatic carboxylic acids is 1. The van der Waals surface area contributed by atoms with Crippen molar-refractivity contribution < 1.29 is 24.0 Å². The van der Waals surface area contributed by atoms with Crippen LogP contribution in [-0.4, -0.2) is 29.2 Å². The first-order valence-electron chi connectivity index (χ1n) is 5.80. The number of benzene rings is 1. The van der Waals surface area contributed by atoms with E-state index >= 15 is 0 Å². The fraction of sp³-hybridized carbons (Fsp3) is 0.154. The highest BCUT2D eigenvalue weighted by Crippen LogP contribution is 2.22. The van der Waals surface area contributed by atoms with Crippen LogP contribution >= 0.6 is 15.9 Å². The van der Waals surface area contributed by atoms with Crippen molar-refractivity contribution in [2.75, 3.05) is 12.4 Å². The van der Waals surface area contributed by atoms with Gasteiger partial charge in [0.1, 0.15) is 6.61 Å². The molecule has 0 aliphatic heterocycles. The number of nitrogens with zero attached hydrogens (tertiary/aromatic N) is 1. The van der Waals surface area contributed by atoms with E-state index in [0.29, 0.717) is 10.2 Å². The van der Waals surface area contributed by atoms with Gasteiger partial charge in [0.15, 0.2) is 11.5 Å². The van der Waals surface area contributed by atoms with Crippen LogP contribution in [0.3, 0.4) is 0 Å². The molecule has 0 aliphatic carbocycles. The molecule has 110 valence electrons. The van der Waals surface area contributed by atoms with E-state index in [1.165, 1.54) is 25.3 Å².